The van der Waals surface area contributed by atoms with Gasteiger partial charge in [0.1, 0.15) is 5.82 Å². The van der Waals surface area contributed by atoms with Crippen LogP contribution in [0.2, 0.25) is 0 Å². The summed E-state index contributed by atoms with van der Waals surface area (Å²) in [6.07, 6.45) is 0. The molecule has 0 aliphatic heterocycles. The van der Waals surface area contributed by atoms with Gasteiger partial charge in [0.25, 0.3) is 5.56 Å². The lowest BCUT2D eigenvalue weighted by Crippen LogP contribution is -2.21. The Morgan fingerprint density at radius 1 is 1.25 bits per heavy atom. The molecular weight excluding hydrogens is 258 g/mol. The Labute approximate surface area is 114 Å². The van der Waals surface area contributed by atoms with Crippen LogP contribution in [0.5, 0.6) is 0 Å². The van der Waals surface area contributed by atoms with E-state index in [0.717, 1.165) is 5.56 Å². The first-order valence-electron chi connectivity index (χ1n) is 6.19. The average molecular weight is 271 g/mol. The van der Waals surface area contributed by atoms with Crippen molar-refractivity contribution in [1.82, 2.24) is 24.5 Å². The van der Waals surface area contributed by atoms with E-state index in [-0.39, 0.29) is 24.2 Å². The lowest BCUT2D eigenvalue weighted by atomic mass is 10.2. The van der Waals surface area contributed by atoms with Crippen LogP contribution in [0.3, 0.4) is 0 Å². The summed E-state index contributed by atoms with van der Waals surface area (Å²) in [6.45, 7) is 0.168. The number of aromatic nitrogens is 5. The smallest absolute Gasteiger partial charge is 0.283 e. The number of benzene rings is 1. The maximum Gasteiger partial charge on any atom is 0.283 e. The molecule has 7 heteroatoms. The molecule has 0 atom stereocenters. The number of aliphatic hydroxyl groups is 1. The standard InChI is InChI=1S/C13H13N5O2/c1-17-11(9-5-3-2-4-6-9)14-12-10(13(17)20)15-16-18(12)7-8-19/h2-6,19H,7-8H2,1H3. The highest BCUT2D eigenvalue weighted by Gasteiger charge is 2.15. The Morgan fingerprint density at radius 2 is 2.00 bits per heavy atom. The van der Waals surface area contributed by atoms with E-state index in [1.165, 1.54) is 9.25 Å². The molecular formula is C13H13N5O2. The van der Waals surface area contributed by atoms with Gasteiger partial charge in [0, 0.05) is 12.6 Å². The van der Waals surface area contributed by atoms with Crippen LogP contribution >= 0.6 is 0 Å². The van der Waals surface area contributed by atoms with Gasteiger partial charge in [0.05, 0.1) is 13.2 Å². The lowest BCUT2D eigenvalue weighted by molar-refractivity contribution is 0.270. The molecule has 3 aromatic rings. The molecule has 2 heterocycles. The number of nitrogens with zero attached hydrogens (tertiary/aromatic N) is 5. The Balaban J connectivity index is 2.30. The van der Waals surface area contributed by atoms with Crippen molar-refractivity contribution in [3.63, 3.8) is 0 Å². The largest absolute Gasteiger partial charge is 0.394 e. The molecule has 0 amide bonds. The third-order valence-electron chi connectivity index (χ3n) is 3.09. The maximum atomic E-state index is 12.3. The molecule has 20 heavy (non-hydrogen) atoms. The van der Waals surface area contributed by atoms with E-state index >= 15 is 0 Å². The summed E-state index contributed by atoms with van der Waals surface area (Å²) in [5, 5.41) is 16.7. The molecule has 1 aromatic carbocycles. The first kappa shape index (κ1) is 12.5. The highest BCUT2D eigenvalue weighted by molar-refractivity contribution is 5.72. The Morgan fingerprint density at radius 3 is 2.70 bits per heavy atom. The molecule has 0 radical (unpaired) electrons. The van der Waals surface area contributed by atoms with Crippen molar-refractivity contribution >= 4 is 11.2 Å². The Hall–Kier alpha value is -2.54. The molecule has 0 fully saturated rings. The van der Waals surface area contributed by atoms with Gasteiger partial charge >= 0.3 is 0 Å². The third-order valence-corrected chi connectivity index (χ3v) is 3.09. The van der Waals surface area contributed by atoms with Crippen molar-refractivity contribution in [2.24, 2.45) is 7.05 Å². The van der Waals surface area contributed by atoms with Gasteiger partial charge in [0.15, 0.2) is 11.2 Å². The van der Waals surface area contributed by atoms with Crippen LogP contribution in [0.1, 0.15) is 0 Å². The predicted molar refractivity (Wildman–Crippen MR) is 73.1 cm³/mol. The highest BCUT2D eigenvalue weighted by Crippen LogP contribution is 2.16. The summed E-state index contributed by atoms with van der Waals surface area (Å²) in [5.41, 5.74) is 1.19. The van der Waals surface area contributed by atoms with Crippen LogP contribution in [-0.2, 0) is 13.6 Å². The van der Waals surface area contributed by atoms with Gasteiger partial charge in [-0.05, 0) is 0 Å². The molecule has 0 unspecified atom stereocenters. The van der Waals surface area contributed by atoms with Crippen LogP contribution < -0.4 is 5.56 Å². The van der Waals surface area contributed by atoms with Crippen LogP contribution in [-0.4, -0.2) is 36.3 Å². The van der Waals surface area contributed by atoms with E-state index in [2.05, 4.69) is 15.3 Å². The van der Waals surface area contributed by atoms with E-state index in [4.69, 9.17) is 5.11 Å². The predicted octanol–water partition coefficient (Wildman–Crippen LogP) is 0.184. The summed E-state index contributed by atoms with van der Waals surface area (Å²) in [4.78, 5) is 16.8. The molecule has 1 N–H and O–H groups in total. The van der Waals surface area contributed by atoms with Crippen molar-refractivity contribution in [2.75, 3.05) is 6.61 Å². The first-order valence-corrected chi connectivity index (χ1v) is 6.19. The van der Waals surface area contributed by atoms with Gasteiger partial charge in [0.2, 0.25) is 0 Å². The van der Waals surface area contributed by atoms with E-state index in [0.29, 0.717) is 11.5 Å². The zero-order valence-corrected chi connectivity index (χ0v) is 10.9. The maximum absolute atomic E-state index is 12.3. The van der Waals surface area contributed by atoms with Gasteiger partial charge in [-0.3, -0.25) is 9.36 Å². The van der Waals surface area contributed by atoms with Crippen LogP contribution in [0, 0.1) is 0 Å². The van der Waals surface area contributed by atoms with Crippen molar-refractivity contribution < 1.29 is 5.11 Å². The lowest BCUT2D eigenvalue weighted by Gasteiger charge is -2.07. The minimum atomic E-state index is -0.252. The fourth-order valence-electron chi connectivity index (χ4n) is 2.08. The minimum absolute atomic E-state index is 0.0873. The zero-order valence-electron chi connectivity index (χ0n) is 10.9. The quantitative estimate of drug-likeness (QED) is 0.734. The van der Waals surface area contributed by atoms with Crippen molar-refractivity contribution in [2.45, 2.75) is 6.54 Å². The number of hydrogen-bond donors (Lipinski definition) is 1. The van der Waals surface area contributed by atoms with Gasteiger partial charge < -0.3 is 5.11 Å². The summed E-state index contributed by atoms with van der Waals surface area (Å²) >= 11 is 0. The second-order valence-corrected chi connectivity index (χ2v) is 4.37. The van der Waals surface area contributed by atoms with Crippen molar-refractivity contribution in [3.8, 4) is 11.4 Å². The Bertz CT molecular complexity index is 807. The van der Waals surface area contributed by atoms with Gasteiger partial charge in [-0.25, -0.2) is 9.67 Å². The average Bonchev–Trinajstić information content (AvgIpc) is 2.87. The van der Waals surface area contributed by atoms with Gasteiger partial charge in [-0.2, -0.15) is 0 Å². The van der Waals surface area contributed by atoms with E-state index in [1.54, 1.807) is 7.05 Å². The van der Waals surface area contributed by atoms with E-state index in [9.17, 15) is 4.79 Å². The number of fused-ring (bicyclic) bond motifs is 1. The molecule has 0 saturated carbocycles. The number of hydrogen-bond acceptors (Lipinski definition) is 5. The van der Waals surface area contributed by atoms with E-state index in [1.807, 2.05) is 30.3 Å². The second kappa shape index (κ2) is 4.86. The third kappa shape index (κ3) is 1.88. The van der Waals surface area contributed by atoms with Crippen molar-refractivity contribution in [3.05, 3.63) is 40.7 Å². The molecule has 0 saturated heterocycles. The molecule has 2 aromatic heterocycles. The topological polar surface area (TPSA) is 85.8 Å². The SMILES string of the molecule is Cn1c(-c2ccccc2)nc2c(nnn2CCO)c1=O. The van der Waals surface area contributed by atoms with E-state index < -0.39 is 0 Å². The Kier molecular flexibility index (Phi) is 3.03. The number of rotatable bonds is 3. The first-order chi connectivity index (χ1) is 9.72. The van der Waals surface area contributed by atoms with Crippen LogP contribution in [0.15, 0.2) is 35.1 Å². The fourth-order valence-corrected chi connectivity index (χ4v) is 2.08. The summed E-state index contributed by atoms with van der Waals surface area (Å²) in [7, 11) is 1.65. The zero-order chi connectivity index (χ0) is 14.1. The molecule has 0 bridgehead atoms. The van der Waals surface area contributed by atoms with Crippen LogP contribution in [0.4, 0.5) is 0 Å². The molecule has 7 nitrogen and oxygen atoms in total. The van der Waals surface area contributed by atoms with Crippen molar-refractivity contribution in [1.29, 1.82) is 0 Å². The molecule has 3 rings (SSSR count). The number of aliphatic hydroxyl groups excluding tert-OH is 1. The second-order valence-electron chi connectivity index (χ2n) is 4.37. The van der Waals surface area contributed by atoms with Gasteiger partial charge in [-0.15, -0.1) is 5.10 Å². The monoisotopic (exact) mass is 271 g/mol. The molecule has 0 aliphatic carbocycles. The van der Waals surface area contributed by atoms with Gasteiger partial charge in [-0.1, -0.05) is 35.5 Å². The summed E-state index contributed by atoms with van der Waals surface area (Å²) in [5.74, 6) is 0.546. The minimum Gasteiger partial charge on any atom is -0.394 e. The highest BCUT2D eigenvalue weighted by atomic mass is 16.3. The molecule has 0 aliphatic rings. The summed E-state index contributed by atoms with van der Waals surface area (Å²) < 4.78 is 2.89. The molecule has 102 valence electrons. The molecule has 0 spiro atoms. The fraction of sp³-hybridized carbons (Fsp3) is 0.231. The van der Waals surface area contributed by atoms with Crippen LogP contribution in [0.25, 0.3) is 22.6 Å². The normalized spacial score (nSPS) is 11.1. The summed E-state index contributed by atoms with van der Waals surface area (Å²) in [6, 6.07) is 9.43.